The lowest BCUT2D eigenvalue weighted by molar-refractivity contribution is -0.123. The van der Waals surface area contributed by atoms with Gasteiger partial charge in [-0.1, -0.05) is 41.9 Å². The van der Waals surface area contributed by atoms with Gasteiger partial charge in [-0.2, -0.15) is 0 Å². The van der Waals surface area contributed by atoms with Crippen LogP contribution >= 0.6 is 11.6 Å². The third-order valence-electron chi connectivity index (χ3n) is 6.41. The number of carbonyl (C=O) groups excluding carboxylic acids is 3. The zero-order valence-corrected chi connectivity index (χ0v) is 15.4. The topological polar surface area (TPSA) is 54.5 Å². The average molecular weight is 380 g/mol. The molecule has 0 spiro atoms. The molecule has 1 aliphatic heterocycles. The molecule has 0 radical (unpaired) electrons. The number of rotatable bonds is 3. The average Bonchev–Trinajstić information content (AvgIpc) is 3.36. The highest BCUT2D eigenvalue weighted by atomic mass is 35.5. The van der Waals surface area contributed by atoms with Crippen LogP contribution in [0.3, 0.4) is 0 Å². The summed E-state index contributed by atoms with van der Waals surface area (Å²) in [6.45, 7) is 0. The van der Waals surface area contributed by atoms with Crippen LogP contribution in [0.4, 0.5) is 5.69 Å². The number of imide groups is 1. The summed E-state index contributed by atoms with van der Waals surface area (Å²) < 4.78 is 0. The predicted octanol–water partition coefficient (Wildman–Crippen LogP) is 4.11. The molecule has 27 heavy (non-hydrogen) atoms. The van der Waals surface area contributed by atoms with Gasteiger partial charge in [-0.3, -0.25) is 14.4 Å². The zero-order valence-electron chi connectivity index (χ0n) is 14.6. The van der Waals surface area contributed by atoms with Gasteiger partial charge >= 0.3 is 0 Å². The van der Waals surface area contributed by atoms with E-state index >= 15 is 0 Å². The predicted molar refractivity (Wildman–Crippen MR) is 102 cm³/mol. The first-order chi connectivity index (χ1) is 13.1. The Labute approximate surface area is 162 Å². The molecule has 5 rings (SSSR count). The number of hydrogen-bond acceptors (Lipinski definition) is 3. The summed E-state index contributed by atoms with van der Waals surface area (Å²) in [5.41, 5.74) is 1.15. The normalized spacial score (nSPS) is 28.7. The number of fused-ring (bicyclic) bond motifs is 5. The Bertz CT molecular complexity index is 943. The molecule has 1 heterocycles. The molecule has 3 aliphatic rings. The lowest BCUT2D eigenvalue weighted by Crippen LogP contribution is -2.34. The van der Waals surface area contributed by atoms with E-state index in [4.69, 9.17) is 11.6 Å². The van der Waals surface area contributed by atoms with Gasteiger partial charge < -0.3 is 0 Å². The third-order valence-corrected chi connectivity index (χ3v) is 6.64. The minimum absolute atomic E-state index is 0.151. The van der Waals surface area contributed by atoms with Gasteiger partial charge in [0.05, 0.1) is 17.5 Å². The van der Waals surface area contributed by atoms with E-state index in [1.54, 1.807) is 42.5 Å². The minimum Gasteiger partial charge on any atom is -0.289 e. The molecule has 1 saturated heterocycles. The number of benzene rings is 2. The highest BCUT2D eigenvalue weighted by Crippen LogP contribution is 2.56. The van der Waals surface area contributed by atoms with Crippen LogP contribution in [0.5, 0.6) is 0 Å². The highest BCUT2D eigenvalue weighted by Gasteiger charge is 2.61. The van der Waals surface area contributed by atoms with Crippen molar-refractivity contribution in [1.82, 2.24) is 0 Å². The van der Waals surface area contributed by atoms with E-state index in [2.05, 4.69) is 0 Å². The maximum Gasteiger partial charge on any atom is 0.237 e. The first-order valence-corrected chi connectivity index (χ1v) is 9.71. The largest absolute Gasteiger partial charge is 0.289 e. The Kier molecular flexibility index (Phi) is 3.73. The van der Waals surface area contributed by atoms with E-state index in [0.717, 1.165) is 19.3 Å². The Balaban J connectivity index is 1.59. The molecule has 0 unspecified atom stereocenters. The zero-order chi connectivity index (χ0) is 18.7. The molecule has 0 N–H and O–H groups in total. The van der Waals surface area contributed by atoms with Crippen molar-refractivity contribution in [3.05, 3.63) is 64.7 Å². The summed E-state index contributed by atoms with van der Waals surface area (Å²) >= 11 is 6.14. The summed E-state index contributed by atoms with van der Waals surface area (Å²) in [5, 5.41) is 0.400. The van der Waals surface area contributed by atoms with Crippen LogP contribution in [0, 0.1) is 23.7 Å². The maximum absolute atomic E-state index is 13.1. The van der Waals surface area contributed by atoms with Crippen molar-refractivity contribution in [1.29, 1.82) is 0 Å². The molecule has 4 nitrogen and oxygen atoms in total. The second-order valence-corrected chi connectivity index (χ2v) is 8.19. The van der Waals surface area contributed by atoms with Crippen LogP contribution in [0.15, 0.2) is 48.5 Å². The smallest absolute Gasteiger partial charge is 0.237 e. The van der Waals surface area contributed by atoms with Gasteiger partial charge in [-0.05, 0) is 49.3 Å². The van der Waals surface area contributed by atoms with Crippen LogP contribution in [0.1, 0.15) is 35.2 Å². The third kappa shape index (κ3) is 2.39. The number of halogens is 1. The van der Waals surface area contributed by atoms with Crippen LogP contribution < -0.4 is 4.90 Å². The van der Waals surface area contributed by atoms with Crippen molar-refractivity contribution >= 4 is 34.9 Å². The first kappa shape index (κ1) is 16.7. The van der Waals surface area contributed by atoms with Crippen LogP contribution in [0.2, 0.25) is 5.02 Å². The number of nitrogens with zero attached hydrogens (tertiary/aromatic N) is 1. The Morgan fingerprint density at radius 2 is 1.56 bits per heavy atom. The monoisotopic (exact) mass is 379 g/mol. The van der Waals surface area contributed by atoms with E-state index in [9.17, 15) is 14.4 Å². The van der Waals surface area contributed by atoms with Crippen molar-refractivity contribution in [2.24, 2.45) is 23.7 Å². The highest BCUT2D eigenvalue weighted by molar-refractivity contribution is 6.32. The number of ketones is 1. The van der Waals surface area contributed by atoms with Gasteiger partial charge in [0.25, 0.3) is 0 Å². The van der Waals surface area contributed by atoms with Crippen LogP contribution in [0.25, 0.3) is 0 Å². The van der Waals surface area contributed by atoms with E-state index in [0.29, 0.717) is 33.7 Å². The maximum atomic E-state index is 13.1. The van der Waals surface area contributed by atoms with Crippen LogP contribution in [-0.2, 0) is 9.59 Å². The molecule has 136 valence electrons. The molecule has 2 bridgehead atoms. The molecule has 2 aromatic carbocycles. The minimum atomic E-state index is -0.242. The number of anilines is 1. The van der Waals surface area contributed by atoms with Gasteiger partial charge in [0, 0.05) is 16.1 Å². The van der Waals surface area contributed by atoms with Gasteiger partial charge in [0.2, 0.25) is 11.8 Å². The Morgan fingerprint density at radius 1 is 0.926 bits per heavy atom. The molecule has 0 aromatic heterocycles. The Hall–Kier alpha value is -2.46. The molecule has 3 fully saturated rings. The molecule has 4 atom stereocenters. The second kappa shape index (κ2) is 6.03. The van der Waals surface area contributed by atoms with E-state index < -0.39 is 0 Å². The van der Waals surface area contributed by atoms with E-state index in [1.165, 1.54) is 4.90 Å². The summed E-state index contributed by atoms with van der Waals surface area (Å²) in [6, 6.07) is 13.6. The van der Waals surface area contributed by atoms with Gasteiger partial charge in [-0.25, -0.2) is 4.90 Å². The summed E-state index contributed by atoms with van der Waals surface area (Å²) in [7, 11) is 0. The number of amides is 2. The molecule has 2 aliphatic carbocycles. The molecular formula is C22H18ClNO3. The quantitative estimate of drug-likeness (QED) is 0.595. The Morgan fingerprint density at radius 3 is 2.19 bits per heavy atom. The molecule has 5 heteroatoms. The van der Waals surface area contributed by atoms with Gasteiger partial charge in [-0.15, -0.1) is 0 Å². The molecule has 2 saturated carbocycles. The number of carbonyl (C=O) groups is 3. The van der Waals surface area contributed by atoms with E-state index in [1.807, 2.05) is 6.07 Å². The molecule has 2 amide bonds. The van der Waals surface area contributed by atoms with Crippen molar-refractivity contribution in [2.45, 2.75) is 19.3 Å². The van der Waals surface area contributed by atoms with Gasteiger partial charge in [0.1, 0.15) is 0 Å². The summed E-state index contributed by atoms with van der Waals surface area (Å²) in [6.07, 6.45) is 3.03. The van der Waals surface area contributed by atoms with Crippen LogP contribution in [-0.4, -0.2) is 17.6 Å². The number of hydrogen-bond donors (Lipinski definition) is 0. The fourth-order valence-electron chi connectivity index (χ4n) is 5.28. The van der Waals surface area contributed by atoms with Crippen molar-refractivity contribution in [3.63, 3.8) is 0 Å². The summed E-state index contributed by atoms with van der Waals surface area (Å²) in [4.78, 5) is 40.6. The lowest BCUT2D eigenvalue weighted by Gasteiger charge is -2.20. The summed E-state index contributed by atoms with van der Waals surface area (Å²) in [5.74, 6) is -0.362. The molecule has 2 aromatic rings. The lowest BCUT2D eigenvalue weighted by atomic mass is 9.81. The van der Waals surface area contributed by atoms with Crippen molar-refractivity contribution in [3.8, 4) is 0 Å². The van der Waals surface area contributed by atoms with Gasteiger partial charge in [0.15, 0.2) is 5.78 Å². The fourth-order valence-corrected chi connectivity index (χ4v) is 5.45. The van der Waals surface area contributed by atoms with Crippen molar-refractivity contribution < 1.29 is 14.4 Å². The second-order valence-electron chi connectivity index (χ2n) is 7.75. The fraction of sp³-hybridized carbons (Fsp3) is 0.318. The first-order valence-electron chi connectivity index (χ1n) is 9.33. The standard InChI is InChI=1S/C22H18ClNO3/c23-15-8-9-17(16(11-15)20(25)12-4-2-1-3-5-12)24-21(26)18-13-6-7-14(10-13)19(18)22(24)27/h1-5,8-9,11,13-14,18-19H,6-7,10H2/t13-,14-,18+,19+/m0/s1. The SMILES string of the molecule is O=C(c1ccccc1)c1cc(Cl)ccc1N1C(=O)[C@@H]2[C@H]3CC[C@@H](C3)[C@H]2C1=O. The van der Waals surface area contributed by atoms with E-state index in [-0.39, 0.29) is 29.4 Å². The molecular weight excluding hydrogens is 362 g/mol. The van der Waals surface area contributed by atoms with Crippen molar-refractivity contribution in [2.75, 3.05) is 4.90 Å².